The quantitative estimate of drug-likeness (QED) is 0.765. The Bertz CT molecular complexity index is 932. The number of hydrogen-bond donors (Lipinski definition) is 2. The van der Waals surface area contributed by atoms with Gasteiger partial charge in [0.15, 0.2) is 0 Å². The maximum atomic E-state index is 12.5. The molecule has 1 saturated heterocycles. The van der Waals surface area contributed by atoms with Crippen LogP contribution in [0.5, 0.6) is 0 Å². The summed E-state index contributed by atoms with van der Waals surface area (Å²) >= 11 is 0. The first-order valence-electron chi connectivity index (χ1n) is 10.1. The molecule has 1 fully saturated rings. The molecule has 1 aliphatic heterocycles. The fourth-order valence-corrected chi connectivity index (χ4v) is 3.42. The van der Waals surface area contributed by atoms with Gasteiger partial charge in [-0.15, -0.1) is 0 Å². The lowest BCUT2D eigenvalue weighted by molar-refractivity contribution is -0.126. The molecule has 2 amide bonds. The molecule has 30 heavy (non-hydrogen) atoms. The monoisotopic (exact) mass is 405 g/mol. The van der Waals surface area contributed by atoms with Crippen molar-refractivity contribution >= 4 is 17.6 Å². The van der Waals surface area contributed by atoms with Crippen LogP contribution in [0.2, 0.25) is 0 Å². The summed E-state index contributed by atoms with van der Waals surface area (Å²) in [6, 6.07) is 13.0. The lowest BCUT2D eigenvalue weighted by Crippen LogP contribution is -2.47. The molecule has 0 atom stereocenters. The van der Waals surface area contributed by atoms with Crippen molar-refractivity contribution in [1.82, 2.24) is 15.8 Å². The fourth-order valence-electron chi connectivity index (χ4n) is 3.42. The number of pyridine rings is 1. The molecule has 1 aliphatic rings. The van der Waals surface area contributed by atoms with Gasteiger partial charge in [-0.2, -0.15) is 5.26 Å². The van der Waals surface area contributed by atoms with E-state index in [1.165, 1.54) is 0 Å². The Morgan fingerprint density at radius 2 is 1.73 bits per heavy atom. The van der Waals surface area contributed by atoms with Crippen LogP contribution in [0.1, 0.15) is 55.1 Å². The smallest absolute Gasteiger partial charge is 0.269 e. The third-order valence-corrected chi connectivity index (χ3v) is 5.38. The van der Waals surface area contributed by atoms with Gasteiger partial charge in [0.25, 0.3) is 5.91 Å². The molecule has 0 aliphatic carbocycles. The highest BCUT2D eigenvalue weighted by molar-refractivity contribution is 5.95. The minimum atomic E-state index is -0.331. The van der Waals surface area contributed by atoms with Crippen molar-refractivity contribution in [3.63, 3.8) is 0 Å². The number of nitrogens with one attached hydrogen (secondary N) is 2. The van der Waals surface area contributed by atoms with E-state index in [-0.39, 0.29) is 23.1 Å². The van der Waals surface area contributed by atoms with Crippen LogP contribution in [0, 0.1) is 17.2 Å². The lowest BCUT2D eigenvalue weighted by atomic mass is 9.87. The fraction of sp³-hybridized carbons (Fsp3) is 0.391. The first kappa shape index (κ1) is 21.3. The second-order valence-corrected chi connectivity index (χ2v) is 8.55. The van der Waals surface area contributed by atoms with Crippen LogP contribution in [0.25, 0.3) is 0 Å². The average Bonchev–Trinajstić information content (AvgIpc) is 2.77. The van der Waals surface area contributed by atoms with Crippen molar-refractivity contribution in [1.29, 1.82) is 5.26 Å². The minimum Gasteiger partial charge on any atom is -0.357 e. The highest BCUT2D eigenvalue weighted by atomic mass is 16.2. The van der Waals surface area contributed by atoms with Gasteiger partial charge in [-0.25, -0.2) is 4.98 Å². The minimum absolute atomic E-state index is 0.0192. The third-order valence-electron chi connectivity index (χ3n) is 5.38. The number of rotatable bonds is 3. The predicted molar refractivity (Wildman–Crippen MR) is 115 cm³/mol. The molecule has 1 aromatic carbocycles. The summed E-state index contributed by atoms with van der Waals surface area (Å²) in [4.78, 5) is 31.2. The number of anilines is 1. The summed E-state index contributed by atoms with van der Waals surface area (Å²) in [5, 5.41) is 8.86. The van der Waals surface area contributed by atoms with Crippen LogP contribution >= 0.6 is 0 Å². The van der Waals surface area contributed by atoms with Gasteiger partial charge in [0.2, 0.25) is 5.91 Å². The summed E-state index contributed by atoms with van der Waals surface area (Å²) in [5.74, 6) is 0.133. The molecule has 0 saturated carbocycles. The largest absolute Gasteiger partial charge is 0.357 e. The van der Waals surface area contributed by atoms with E-state index in [2.05, 4.69) is 47.6 Å². The molecule has 3 rings (SSSR count). The number of nitriles is 1. The molecule has 0 bridgehead atoms. The van der Waals surface area contributed by atoms with Crippen molar-refractivity contribution in [3.8, 4) is 6.07 Å². The topological polar surface area (TPSA) is 98.1 Å². The normalized spacial score (nSPS) is 14.7. The van der Waals surface area contributed by atoms with Crippen molar-refractivity contribution in [2.24, 2.45) is 5.92 Å². The Kier molecular flexibility index (Phi) is 6.36. The van der Waals surface area contributed by atoms with Crippen LogP contribution < -0.4 is 15.8 Å². The molecule has 2 N–H and O–H groups in total. The maximum Gasteiger partial charge on any atom is 0.269 e. The Labute approximate surface area is 177 Å². The Morgan fingerprint density at radius 3 is 2.27 bits per heavy atom. The van der Waals surface area contributed by atoms with Gasteiger partial charge in [-0.05, 0) is 48.1 Å². The number of carbonyl (C=O) groups is 2. The third kappa shape index (κ3) is 5.15. The number of carbonyl (C=O) groups excluding carboxylic acids is 2. The van der Waals surface area contributed by atoms with Crippen molar-refractivity contribution in [2.75, 3.05) is 18.0 Å². The number of amides is 2. The standard InChI is InChI=1S/C23H27N5O2/c1-23(2,3)19-7-5-17(6-8-19)21(29)26-27-22(30)18-10-12-28(13-11-18)20-9-4-16(14-24)15-25-20/h4-9,15,18H,10-13H2,1-3H3,(H,26,29)(H,27,30). The zero-order chi connectivity index (χ0) is 21.7. The number of hydrogen-bond acceptors (Lipinski definition) is 5. The summed E-state index contributed by atoms with van der Waals surface area (Å²) in [6.07, 6.45) is 2.89. The zero-order valence-electron chi connectivity index (χ0n) is 17.6. The van der Waals surface area contributed by atoms with Crippen molar-refractivity contribution in [3.05, 3.63) is 59.3 Å². The van der Waals surface area contributed by atoms with Gasteiger partial charge in [0.1, 0.15) is 11.9 Å². The number of aromatic nitrogens is 1. The molecule has 0 spiro atoms. The predicted octanol–water partition coefficient (Wildman–Crippen LogP) is 2.93. The van der Waals surface area contributed by atoms with Crippen molar-refractivity contribution < 1.29 is 9.59 Å². The van der Waals surface area contributed by atoms with E-state index in [1.54, 1.807) is 24.4 Å². The molecule has 156 valence electrons. The zero-order valence-corrected chi connectivity index (χ0v) is 17.6. The van der Waals surface area contributed by atoms with E-state index >= 15 is 0 Å². The number of nitrogens with zero attached hydrogens (tertiary/aromatic N) is 3. The second-order valence-electron chi connectivity index (χ2n) is 8.55. The lowest BCUT2D eigenvalue weighted by Gasteiger charge is -2.32. The molecular weight excluding hydrogens is 378 g/mol. The van der Waals surface area contributed by atoms with Crippen LogP contribution in [-0.2, 0) is 10.2 Å². The molecule has 2 aromatic rings. The molecule has 2 heterocycles. The molecule has 7 heteroatoms. The van der Waals surface area contributed by atoms with E-state index in [0.717, 1.165) is 11.4 Å². The molecule has 0 radical (unpaired) electrons. The first-order chi connectivity index (χ1) is 14.3. The van der Waals surface area contributed by atoms with Crippen LogP contribution in [-0.4, -0.2) is 29.9 Å². The van der Waals surface area contributed by atoms with Crippen LogP contribution in [0.15, 0.2) is 42.6 Å². The summed E-state index contributed by atoms with van der Waals surface area (Å²) < 4.78 is 0. The Balaban J connectivity index is 1.47. The highest BCUT2D eigenvalue weighted by Crippen LogP contribution is 2.23. The van der Waals surface area contributed by atoms with Gasteiger partial charge >= 0.3 is 0 Å². The Hall–Kier alpha value is -3.40. The Morgan fingerprint density at radius 1 is 1.07 bits per heavy atom. The SMILES string of the molecule is CC(C)(C)c1ccc(C(=O)NNC(=O)C2CCN(c3ccc(C#N)cn3)CC2)cc1. The van der Waals surface area contributed by atoms with Gasteiger partial charge in [-0.1, -0.05) is 32.9 Å². The van der Waals surface area contributed by atoms with Gasteiger partial charge in [0.05, 0.1) is 5.56 Å². The van der Waals surface area contributed by atoms with E-state index in [9.17, 15) is 9.59 Å². The van der Waals surface area contributed by atoms with E-state index in [4.69, 9.17) is 5.26 Å². The maximum absolute atomic E-state index is 12.5. The van der Waals surface area contributed by atoms with Gasteiger partial charge in [0, 0.05) is 30.8 Å². The number of hydrazine groups is 1. The van der Waals surface area contributed by atoms with Gasteiger partial charge in [-0.3, -0.25) is 20.4 Å². The van der Waals surface area contributed by atoms with Crippen molar-refractivity contribution in [2.45, 2.75) is 39.0 Å². The molecule has 1 aromatic heterocycles. The van der Waals surface area contributed by atoms with E-state index < -0.39 is 0 Å². The average molecular weight is 406 g/mol. The number of benzene rings is 1. The second kappa shape index (κ2) is 8.95. The molecule has 0 unspecified atom stereocenters. The molecular formula is C23H27N5O2. The first-order valence-corrected chi connectivity index (χ1v) is 10.1. The van der Waals surface area contributed by atoms with Crippen LogP contribution in [0.3, 0.4) is 0 Å². The summed E-state index contributed by atoms with van der Waals surface area (Å²) in [7, 11) is 0. The molecule has 7 nitrogen and oxygen atoms in total. The highest BCUT2D eigenvalue weighted by Gasteiger charge is 2.26. The van der Waals surface area contributed by atoms with Crippen LogP contribution in [0.4, 0.5) is 5.82 Å². The van der Waals surface area contributed by atoms with E-state index in [1.807, 2.05) is 18.2 Å². The van der Waals surface area contributed by atoms with E-state index in [0.29, 0.717) is 37.1 Å². The number of piperidine rings is 1. The summed E-state index contributed by atoms with van der Waals surface area (Å²) in [6.45, 7) is 7.74. The summed E-state index contributed by atoms with van der Waals surface area (Å²) in [5.41, 5.74) is 7.26. The van der Waals surface area contributed by atoms with Gasteiger partial charge < -0.3 is 4.90 Å².